The van der Waals surface area contributed by atoms with E-state index in [2.05, 4.69) is 12.1 Å². The first kappa shape index (κ1) is 21.7. The average molecular weight is 411 g/mol. The highest BCUT2D eigenvalue weighted by Crippen LogP contribution is 2.28. The number of hydrogen-bond donors (Lipinski definition) is 0. The van der Waals surface area contributed by atoms with E-state index >= 15 is 0 Å². The summed E-state index contributed by atoms with van der Waals surface area (Å²) in [6, 6.07) is 15.8. The highest BCUT2D eigenvalue weighted by Gasteiger charge is 2.36. The van der Waals surface area contributed by atoms with Crippen LogP contribution < -0.4 is 9.47 Å². The highest BCUT2D eigenvalue weighted by atomic mass is 16.5. The molecule has 2 amide bonds. The van der Waals surface area contributed by atoms with Crippen LogP contribution in [0, 0.1) is 5.92 Å². The molecular formula is C24H30N2O4. The molecule has 6 heteroatoms. The second kappa shape index (κ2) is 10.1. The van der Waals surface area contributed by atoms with Crippen LogP contribution in [0.5, 0.6) is 11.5 Å². The fourth-order valence-corrected chi connectivity index (χ4v) is 3.87. The maximum atomic E-state index is 13.1. The SMILES string of the molecule is CCN(Cc1ccc(OC)c(OC)c1)C(=O)C1CC(=O)N(CCc2ccccc2)C1. The van der Waals surface area contributed by atoms with E-state index < -0.39 is 0 Å². The van der Waals surface area contributed by atoms with Crippen molar-refractivity contribution in [2.75, 3.05) is 33.9 Å². The molecule has 3 rings (SSSR count). The molecule has 0 aliphatic carbocycles. The van der Waals surface area contributed by atoms with Gasteiger partial charge < -0.3 is 19.3 Å². The summed E-state index contributed by atoms with van der Waals surface area (Å²) in [5.74, 6) is 1.11. The number of hydrogen-bond acceptors (Lipinski definition) is 4. The standard InChI is InChI=1S/C24H30N2O4/c1-4-25(16-19-10-11-21(29-2)22(14-19)30-3)24(28)20-15-23(27)26(17-20)13-12-18-8-6-5-7-9-18/h5-11,14,20H,4,12-13,15-17H2,1-3H3. The smallest absolute Gasteiger partial charge is 0.228 e. The lowest BCUT2D eigenvalue weighted by Gasteiger charge is -2.25. The molecule has 0 saturated carbocycles. The van der Waals surface area contributed by atoms with Crippen molar-refractivity contribution >= 4 is 11.8 Å². The summed E-state index contributed by atoms with van der Waals surface area (Å²) >= 11 is 0. The van der Waals surface area contributed by atoms with Crippen molar-refractivity contribution in [1.29, 1.82) is 0 Å². The number of amides is 2. The van der Waals surface area contributed by atoms with Crippen LogP contribution >= 0.6 is 0 Å². The van der Waals surface area contributed by atoms with E-state index in [-0.39, 0.29) is 24.2 Å². The lowest BCUT2D eigenvalue weighted by Crippen LogP contribution is -2.37. The minimum atomic E-state index is -0.284. The summed E-state index contributed by atoms with van der Waals surface area (Å²) in [5, 5.41) is 0. The maximum Gasteiger partial charge on any atom is 0.228 e. The Kier molecular flexibility index (Phi) is 7.33. The molecule has 1 aliphatic heterocycles. The number of nitrogens with zero attached hydrogens (tertiary/aromatic N) is 2. The van der Waals surface area contributed by atoms with Crippen molar-refractivity contribution < 1.29 is 19.1 Å². The zero-order chi connectivity index (χ0) is 21.5. The van der Waals surface area contributed by atoms with E-state index in [0.717, 1.165) is 12.0 Å². The first-order chi connectivity index (χ1) is 14.5. The van der Waals surface area contributed by atoms with Gasteiger partial charge >= 0.3 is 0 Å². The summed E-state index contributed by atoms with van der Waals surface area (Å²) in [6.07, 6.45) is 1.09. The van der Waals surface area contributed by atoms with Gasteiger partial charge in [-0.05, 0) is 36.6 Å². The summed E-state index contributed by atoms with van der Waals surface area (Å²) < 4.78 is 10.6. The van der Waals surface area contributed by atoms with Crippen molar-refractivity contribution in [2.24, 2.45) is 5.92 Å². The van der Waals surface area contributed by atoms with Crippen LogP contribution in [0.1, 0.15) is 24.5 Å². The predicted octanol–water partition coefficient (Wildman–Crippen LogP) is 3.14. The molecule has 0 radical (unpaired) electrons. The Morgan fingerprint density at radius 3 is 2.47 bits per heavy atom. The molecule has 1 fully saturated rings. The highest BCUT2D eigenvalue weighted by molar-refractivity contribution is 5.89. The molecule has 30 heavy (non-hydrogen) atoms. The van der Waals surface area contributed by atoms with Crippen LogP contribution in [0.15, 0.2) is 48.5 Å². The monoisotopic (exact) mass is 410 g/mol. The summed E-state index contributed by atoms with van der Waals surface area (Å²) in [6.45, 7) is 4.16. The molecular weight excluding hydrogens is 380 g/mol. The quantitative estimate of drug-likeness (QED) is 0.637. The van der Waals surface area contributed by atoms with E-state index in [4.69, 9.17) is 9.47 Å². The lowest BCUT2D eigenvalue weighted by atomic mass is 10.1. The first-order valence-electron chi connectivity index (χ1n) is 10.4. The number of ether oxygens (including phenoxy) is 2. The molecule has 6 nitrogen and oxygen atoms in total. The number of carbonyl (C=O) groups excluding carboxylic acids is 2. The fourth-order valence-electron chi connectivity index (χ4n) is 3.87. The molecule has 160 valence electrons. The Morgan fingerprint density at radius 1 is 1.07 bits per heavy atom. The van der Waals surface area contributed by atoms with E-state index in [1.165, 1.54) is 5.56 Å². The number of carbonyl (C=O) groups is 2. The minimum Gasteiger partial charge on any atom is -0.493 e. The van der Waals surface area contributed by atoms with Crippen LogP contribution in [0.3, 0.4) is 0 Å². The second-order valence-electron chi connectivity index (χ2n) is 7.52. The Morgan fingerprint density at radius 2 is 1.80 bits per heavy atom. The van der Waals surface area contributed by atoms with Gasteiger partial charge in [-0.2, -0.15) is 0 Å². The zero-order valence-corrected chi connectivity index (χ0v) is 18.0. The molecule has 1 saturated heterocycles. The van der Waals surface area contributed by atoms with E-state index in [1.54, 1.807) is 19.1 Å². The van der Waals surface area contributed by atoms with Gasteiger partial charge in [0.25, 0.3) is 0 Å². The Bertz CT molecular complexity index is 869. The van der Waals surface area contributed by atoms with Crippen molar-refractivity contribution in [2.45, 2.75) is 26.3 Å². The molecule has 2 aromatic carbocycles. The van der Waals surface area contributed by atoms with Crippen molar-refractivity contribution in [3.05, 3.63) is 59.7 Å². The van der Waals surface area contributed by atoms with Gasteiger partial charge in [0.15, 0.2) is 11.5 Å². The number of benzene rings is 2. The zero-order valence-electron chi connectivity index (χ0n) is 18.0. The molecule has 0 bridgehead atoms. The maximum absolute atomic E-state index is 13.1. The molecule has 1 unspecified atom stereocenters. The topological polar surface area (TPSA) is 59.1 Å². The number of rotatable bonds is 9. The third kappa shape index (κ3) is 5.12. The van der Waals surface area contributed by atoms with Gasteiger partial charge in [0.1, 0.15) is 0 Å². The predicted molar refractivity (Wildman–Crippen MR) is 115 cm³/mol. The molecule has 0 aromatic heterocycles. The second-order valence-corrected chi connectivity index (χ2v) is 7.52. The summed E-state index contributed by atoms with van der Waals surface area (Å²) in [5.41, 5.74) is 2.16. The van der Waals surface area contributed by atoms with Crippen molar-refractivity contribution in [1.82, 2.24) is 9.80 Å². The number of likely N-dealkylation sites (tertiary alicyclic amines) is 1. The van der Waals surface area contributed by atoms with Gasteiger partial charge in [-0.15, -0.1) is 0 Å². The minimum absolute atomic E-state index is 0.0304. The average Bonchev–Trinajstić information content (AvgIpc) is 3.16. The van der Waals surface area contributed by atoms with Gasteiger partial charge in [-0.3, -0.25) is 9.59 Å². The third-order valence-corrected chi connectivity index (χ3v) is 5.59. The van der Waals surface area contributed by atoms with Crippen molar-refractivity contribution in [3.8, 4) is 11.5 Å². The first-order valence-corrected chi connectivity index (χ1v) is 10.4. The van der Waals surface area contributed by atoms with Crippen LogP contribution in [-0.4, -0.2) is 55.5 Å². The molecule has 0 N–H and O–H groups in total. The fraction of sp³-hybridized carbons (Fsp3) is 0.417. The Hall–Kier alpha value is -3.02. The van der Waals surface area contributed by atoms with Crippen LogP contribution in [-0.2, 0) is 22.6 Å². The summed E-state index contributed by atoms with van der Waals surface area (Å²) in [7, 11) is 3.19. The number of methoxy groups -OCH3 is 2. The van der Waals surface area contributed by atoms with Crippen molar-refractivity contribution in [3.63, 3.8) is 0 Å². The molecule has 1 atom stereocenters. The van der Waals surface area contributed by atoms with E-state index in [9.17, 15) is 9.59 Å². The van der Waals surface area contributed by atoms with Gasteiger partial charge in [0, 0.05) is 32.6 Å². The summed E-state index contributed by atoms with van der Waals surface area (Å²) in [4.78, 5) is 29.2. The van der Waals surface area contributed by atoms with Gasteiger partial charge in [0.2, 0.25) is 11.8 Å². The third-order valence-electron chi connectivity index (χ3n) is 5.59. The van der Waals surface area contributed by atoms with Gasteiger partial charge in [-0.1, -0.05) is 36.4 Å². The Labute approximate surface area is 178 Å². The Balaban J connectivity index is 1.61. The molecule has 1 aliphatic rings. The molecule has 2 aromatic rings. The molecule has 0 spiro atoms. The lowest BCUT2D eigenvalue weighted by molar-refractivity contribution is -0.136. The normalized spacial score (nSPS) is 15.9. The van der Waals surface area contributed by atoms with Gasteiger partial charge in [0.05, 0.1) is 20.1 Å². The van der Waals surface area contributed by atoms with Crippen LogP contribution in [0.2, 0.25) is 0 Å². The van der Waals surface area contributed by atoms with Crippen LogP contribution in [0.25, 0.3) is 0 Å². The van der Waals surface area contributed by atoms with Gasteiger partial charge in [-0.25, -0.2) is 0 Å². The molecule has 1 heterocycles. The van der Waals surface area contributed by atoms with E-state index in [1.807, 2.05) is 48.2 Å². The van der Waals surface area contributed by atoms with E-state index in [0.29, 0.717) is 37.7 Å². The largest absolute Gasteiger partial charge is 0.493 e. The van der Waals surface area contributed by atoms with Crippen LogP contribution in [0.4, 0.5) is 0 Å².